The van der Waals surface area contributed by atoms with E-state index in [0.29, 0.717) is 26.2 Å². The van der Waals surface area contributed by atoms with Crippen molar-refractivity contribution in [3.8, 4) is 0 Å². The van der Waals surface area contributed by atoms with Crippen LogP contribution in [0.15, 0.2) is 46.3 Å². The standard InChI is InChI=1S/C19H21ClIN9O2/c20-15-17(26-7-11-1-3-12(21)4-2-11)29-16(22)14(28-15)18(31)30-19(23)25-6-5-24-8-13-9-32-10-27-13/h1-4,9-10,24H,5-8H2,(H3,22,26,29)(H3,23,25,30,31). The van der Waals surface area contributed by atoms with Crippen LogP contribution in [0.5, 0.6) is 0 Å². The molecule has 3 rings (SSSR count). The third-order valence-corrected chi connectivity index (χ3v) is 5.06. The second-order valence-electron chi connectivity index (χ2n) is 6.46. The smallest absolute Gasteiger partial charge is 0.302 e. The Morgan fingerprint density at radius 2 is 1.97 bits per heavy atom. The number of oxazole rings is 1. The van der Waals surface area contributed by atoms with E-state index in [4.69, 9.17) is 27.5 Å². The van der Waals surface area contributed by atoms with Gasteiger partial charge in [-0.15, -0.1) is 0 Å². The van der Waals surface area contributed by atoms with Gasteiger partial charge in [-0.2, -0.15) is 4.99 Å². The summed E-state index contributed by atoms with van der Waals surface area (Å²) in [4.78, 5) is 28.3. The molecule has 3 aromatic rings. The predicted octanol–water partition coefficient (Wildman–Crippen LogP) is 1.75. The maximum atomic E-state index is 12.4. The van der Waals surface area contributed by atoms with E-state index in [0.717, 1.165) is 14.8 Å². The van der Waals surface area contributed by atoms with Crippen LogP contribution in [-0.2, 0) is 13.1 Å². The fourth-order valence-corrected chi connectivity index (χ4v) is 3.06. The molecule has 0 aliphatic rings. The largest absolute Gasteiger partial charge is 0.451 e. The van der Waals surface area contributed by atoms with Crippen LogP contribution in [0, 0.1) is 3.57 Å². The lowest BCUT2D eigenvalue weighted by molar-refractivity contribution is 0.0998. The highest BCUT2D eigenvalue weighted by molar-refractivity contribution is 14.1. The number of carbonyl (C=O) groups is 1. The molecule has 11 nitrogen and oxygen atoms in total. The average molecular weight is 570 g/mol. The van der Waals surface area contributed by atoms with Crippen molar-refractivity contribution in [3.05, 3.63) is 62.6 Å². The van der Waals surface area contributed by atoms with E-state index in [1.165, 1.54) is 6.39 Å². The summed E-state index contributed by atoms with van der Waals surface area (Å²) in [5, 5.41) is 9.01. The topological polar surface area (TPSA) is 169 Å². The zero-order valence-electron chi connectivity index (χ0n) is 16.8. The number of benzene rings is 1. The minimum Gasteiger partial charge on any atom is -0.451 e. The predicted molar refractivity (Wildman–Crippen MR) is 130 cm³/mol. The van der Waals surface area contributed by atoms with Gasteiger partial charge in [0.15, 0.2) is 34.8 Å². The van der Waals surface area contributed by atoms with Crippen molar-refractivity contribution in [3.63, 3.8) is 0 Å². The molecule has 0 aliphatic carbocycles. The van der Waals surface area contributed by atoms with Crippen molar-refractivity contribution < 1.29 is 9.21 Å². The van der Waals surface area contributed by atoms with Crippen molar-refractivity contribution in [2.45, 2.75) is 13.1 Å². The third-order valence-electron chi connectivity index (χ3n) is 4.08. The number of nitrogens with zero attached hydrogens (tertiary/aromatic N) is 4. The van der Waals surface area contributed by atoms with Gasteiger partial charge in [-0.3, -0.25) is 4.79 Å². The van der Waals surface area contributed by atoms with Crippen molar-refractivity contribution >= 4 is 57.7 Å². The molecule has 32 heavy (non-hydrogen) atoms. The lowest BCUT2D eigenvalue weighted by atomic mass is 10.2. The number of halogens is 2. The number of hydrogen-bond acceptors (Lipinski definition) is 8. The Kier molecular flexibility index (Phi) is 8.58. The summed E-state index contributed by atoms with van der Waals surface area (Å²) in [7, 11) is 0. The van der Waals surface area contributed by atoms with Gasteiger partial charge in [0.05, 0.1) is 5.69 Å². The number of nitrogen functional groups attached to an aromatic ring is 1. The molecule has 0 fully saturated rings. The number of aliphatic imine (C=N–C) groups is 1. The second kappa shape index (κ2) is 11.6. The average Bonchev–Trinajstić information content (AvgIpc) is 3.28. The number of carbonyl (C=O) groups excluding carboxylic acids is 1. The number of hydrogen-bond donors (Lipinski definition) is 5. The Bertz CT molecular complexity index is 1080. The summed E-state index contributed by atoms with van der Waals surface area (Å²) in [6, 6.07) is 7.94. The summed E-state index contributed by atoms with van der Waals surface area (Å²) in [5.74, 6) is -0.652. The van der Waals surface area contributed by atoms with Crippen LogP contribution in [0.3, 0.4) is 0 Å². The molecule has 168 valence electrons. The molecule has 0 saturated heterocycles. The Hall–Kier alpha value is -2.97. The highest BCUT2D eigenvalue weighted by atomic mass is 127. The quantitative estimate of drug-likeness (QED) is 0.111. The third kappa shape index (κ3) is 7.03. The monoisotopic (exact) mass is 569 g/mol. The molecule has 0 aliphatic heterocycles. The lowest BCUT2D eigenvalue weighted by Crippen LogP contribution is -2.37. The SMILES string of the molecule is N/C(=N\C(=O)c1nc(Cl)c(NCc2ccc(I)cc2)nc1N)NCCNCc1cocn1. The first-order valence-corrected chi connectivity index (χ1v) is 10.9. The first-order valence-electron chi connectivity index (χ1n) is 9.44. The van der Waals surface area contributed by atoms with E-state index in [1.54, 1.807) is 6.26 Å². The Morgan fingerprint density at radius 1 is 1.19 bits per heavy atom. The van der Waals surface area contributed by atoms with Gasteiger partial charge in [0.1, 0.15) is 6.26 Å². The molecule has 1 amide bonds. The zero-order valence-corrected chi connectivity index (χ0v) is 19.7. The minimum absolute atomic E-state index is 0.00634. The van der Waals surface area contributed by atoms with Gasteiger partial charge in [-0.25, -0.2) is 15.0 Å². The number of rotatable bonds is 9. The van der Waals surface area contributed by atoms with Gasteiger partial charge in [0, 0.05) is 29.7 Å². The fraction of sp³-hybridized carbons (Fsp3) is 0.211. The second-order valence-corrected chi connectivity index (χ2v) is 8.07. The summed E-state index contributed by atoms with van der Waals surface area (Å²) < 4.78 is 6.01. The van der Waals surface area contributed by atoms with Crippen molar-refractivity contribution in [2.24, 2.45) is 10.7 Å². The van der Waals surface area contributed by atoms with Crippen LogP contribution in [0.1, 0.15) is 21.7 Å². The van der Waals surface area contributed by atoms with E-state index in [9.17, 15) is 4.79 Å². The number of amides is 1. The molecule has 1 aromatic carbocycles. The molecule has 2 heterocycles. The number of nitrogens with two attached hydrogens (primary N) is 2. The fourth-order valence-electron chi connectivity index (χ4n) is 2.51. The molecule has 0 atom stereocenters. The number of guanidine groups is 1. The van der Waals surface area contributed by atoms with Gasteiger partial charge in [-0.1, -0.05) is 23.7 Å². The van der Waals surface area contributed by atoms with Crippen molar-refractivity contribution in [1.82, 2.24) is 25.6 Å². The van der Waals surface area contributed by atoms with Crippen LogP contribution in [0.2, 0.25) is 5.15 Å². The van der Waals surface area contributed by atoms with Crippen LogP contribution in [0.25, 0.3) is 0 Å². The highest BCUT2D eigenvalue weighted by Gasteiger charge is 2.17. The number of anilines is 2. The summed E-state index contributed by atoms with van der Waals surface area (Å²) in [5.41, 5.74) is 13.3. The van der Waals surface area contributed by atoms with E-state index < -0.39 is 5.91 Å². The molecule has 13 heteroatoms. The minimum atomic E-state index is -0.748. The number of nitrogens with one attached hydrogen (secondary N) is 3. The highest BCUT2D eigenvalue weighted by Crippen LogP contribution is 2.22. The van der Waals surface area contributed by atoms with E-state index >= 15 is 0 Å². The molecule has 0 bridgehead atoms. The zero-order chi connectivity index (χ0) is 22.9. The van der Waals surface area contributed by atoms with Gasteiger partial charge in [0.25, 0.3) is 0 Å². The van der Waals surface area contributed by atoms with Gasteiger partial charge in [-0.05, 0) is 40.3 Å². The Balaban J connectivity index is 1.52. The first kappa shape index (κ1) is 23.7. The van der Waals surface area contributed by atoms with Gasteiger partial charge < -0.3 is 31.8 Å². The van der Waals surface area contributed by atoms with Crippen LogP contribution in [-0.4, -0.2) is 39.9 Å². The molecule has 7 N–H and O–H groups in total. The lowest BCUT2D eigenvalue weighted by Gasteiger charge is -2.10. The maximum Gasteiger partial charge on any atom is 0.302 e. The van der Waals surface area contributed by atoms with E-state index in [1.807, 2.05) is 24.3 Å². The van der Waals surface area contributed by atoms with E-state index in [2.05, 4.69) is 58.5 Å². The van der Waals surface area contributed by atoms with Gasteiger partial charge >= 0.3 is 5.91 Å². The summed E-state index contributed by atoms with van der Waals surface area (Å²) in [6.45, 7) is 2.01. The van der Waals surface area contributed by atoms with Crippen LogP contribution < -0.4 is 27.4 Å². The van der Waals surface area contributed by atoms with Crippen LogP contribution >= 0.6 is 34.2 Å². The first-order chi connectivity index (χ1) is 15.4. The molecular formula is C19H21ClIN9O2. The summed E-state index contributed by atoms with van der Waals surface area (Å²) >= 11 is 8.41. The normalized spacial score (nSPS) is 11.4. The Morgan fingerprint density at radius 3 is 2.69 bits per heavy atom. The molecule has 0 radical (unpaired) electrons. The molecule has 0 saturated carbocycles. The van der Waals surface area contributed by atoms with Crippen molar-refractivity contribution in [1.29, 1.82) is 0 Å². The molecule has 0 spiro atoms. The molecular weight excluding hydrogens is 549 g/mol. The van der Waals surface area contributed by atoms with Crippen LogP contribution in [0.4, 0.5) is 11.6 Å². The van der Waals surface area contributed by atoms with Crippen molar-refractivity contribution in [2.75, 3.05) is 24.1 Å². The van der Waals surface area contributed by atoms with E-state index in [-0.39, 0.29) is 28.4 Å². The molecule has 0 unspecified atom stereocenters. The maximum absolute atomic E-state index is 12.4. The summed E-state index contributed by atoms with van der Waals surface area (Å²) in [6.07, 6.45) is 2.91. The number of aromatic nitrogens is 3. The van der Waals surface area contributed by atoms with Gasteiger partial charge in [0.2, 0.25) is 0 Å². The molecule has 2 aromatic heterocycles. The Labute approximate surface area is 202 Å².